The van der Waals surface area contributed by atoms with E-state index in [0.717, 1.165) is 30.4 Å². The van der Waals surface area contributed by atoms with Crippen LogP contribution in [0.3, 0.4) is 0 Å². The van der Waals surface area contributed by atoms with Crippen molar-refractivity contribution in [1.29, 1.82) is 0 Å². The molecule has 2 aromatic heterocycles. The average molecular weight is 366 g/mol. The number of amides is 1. The van der Waals surface area contributed by atoms with Gasteiger partial charge in [-0.3, -0.25) is 14.8 Å². The molecule has 7 nitrogen and oxygen atoms in total. The summed E-state index contributed by atoms with van der Waals surface area (Å²) >= 11 is 0. The number of hydrogen-bond acceptors (Lipinski definition) is 4. The first-order valence-corrected chi connectivity index (χ1v) is 9.24. The van der Waals surface area contributed by atoms with Gasteiger partial charge in [0.2, 0.25) is 0 Å². The van der Waals surface area contributed by atoms with E-state index in [4.69, 9.17) is 4.74 Å². The van der Waals surface area contributed by atoms with Gasteiger partial charge >= 0.3 is 6.09 Å². The predicted octanol–water partition coefficient (Wildman–Crippen LogP) is 3.06. The van der Waals surface area contributed by atoms with Gasteiger partial charge in [0.05, 0.1) is 11.7 Å². The van der Waals surface area contributed by atoms with Crippen molar-refractivity contribution in [3.8, 4) is 0 Å². The van der Waals surface area contributed by atoms with E-state index in [2.05, 4.69) is 10.1 Å². The standard InChI is InChI=1S/C20H22N4O3/c1-2-15-12-21-24-18(25)11-16(22-19(15)24)17-9-6-10-23(17)20(26)27-13-14-7-4-3-5-8-14/h3-5,7-8,11-12,17,21H,2,6,9-10,13H2,1H3. The summed E-state index contributed by atoms with van der Waals surface area (Å²) in [5.41, 5.74) is 3.01. The van der Waals surface area contributed by atoms with Crippen molar-refractivity contribution in [2.45, 2.75) is 38.8 Å². The molecule has 0 bridgehead atoms. The molecule has 1 aliphatic rings. The molecule has 1 aromatic carbocycles. The van der Waals surface area contributed by atoms with E-state index in [-0.39, 0.29) is 24.3 Å². The smallest absolute Gasteiger partial charge is 0.410 e. The van der Waals surface area contributed by atoms with E-state index in [0.29, 0.717) is 17.9 Å². The number of benzene rings is 1. The van der Waals surface area contributed by atoms with Gasteiger partial charge in [-0.05, 0) is 24.8 Å². The Morgan fingerprint density at radius 1 is 1.33 bits per heavy atom. The molecule has 27 heavy (non-hydrogen) atoms. The number of aryl methyl sites for hydroxylation is 1. The normalized spacial score (nSPS) is 16.8. The van der Waals surface area contributed by atoms with Gasteiger partial charge in [0.15, 0.2) is 5.65 Å². The Hall–Kier alpha value is -3.09. The quantitative estimate of drug-likeness (QED) is 0.770. The van der Waals surface area contributed by atoms with E-state index in [1.807, 2.05) is 37.3 Å². The second-order valence-electron chi connectivity index (χ2n) is 6.72. The Morgan fingerprint density at radius 2 is 2.15 bits per heavy atom. The first-order chi connectivity index (χ1) is 13.2. The Morgan fingerprint density at radius 3 is 2.93 bits per heavy atom. The molecule has 1 atom stereocenters. The first kappa shape index (κ1) is 17.3. The molecule has 4 rings (SSSR count). The van der Waals surface area contributed by atoms with Crippen LogP contribution in [0.4, 0.5) is 4.79 Å². The third-order valence-electron chi connectivity index (χ3n) is 5.01. The van der Waals surface area contributed by atoms with Gasteiger partial charge in [-0.1, -0.05) is 37.3 Å². The number of likely N-dealkylation sites (tertiary alicyclic amines) is 1. The van der Waals surface area contributed by atoms with Gasteiger partial charge in [0.1, 0.15) is 6.61 Å². The molecule has 1 N–H and O–H groups in total. The Kier molecular flexibility index (Phi) is 4.66. The SMILES string of the molecule is CCc1c[nH]n2c(=O)cc(C3CCCN3C(=O)OCc3ccccc3)nc12. The molecule has 0 spiro atoms. The van der Waals surface area contributed by atoms with Crippen molar-refractivity contribution < 1.29 is 9.53 Å². The average Bonchev–Trinajstić information content (AvgIpc) is 3.34. The number of carbonyl (C=O) groups is 1. The van der Waals surface area contributed by atoms with Crippen LogP contribution in [0.15, 0.2) is 47.4 Å². The van der Waals surface area contributed by atoms with E-state index in [1.54, 1.807) is 11.1 Å². The zero-order chi connectivity index (χ0) is 18.8. The number of fused-ring (bicyclic) bond motifs is 1. The first-order valence-electron chi connectivity index (χ1n) is 9.24. The van der Waals surface area contributed by atoms with Crippen molar-refractivity contribution in [1.82, 2.24) is 19.5 Å². The molecule has 140 valence electrons. The molecule has 1 unspecified atom stereocenters. The number of rotatable bonds is 4. The van der Waals surface area contributed by atoms with Crippen molar-refractivity contribution in [3.05, 3.63) is 69.8 Å². The molecule has 1 aliphatic heterocycles. The fourth-order valence-electron chi connectivity index (χ4n) is 3.57. The lowest BCUT2D eigenvalue weighted by molar-refractivity contribution is 0.0915. The van der Waals surface area contributed by atoms with Crippen LogP contribution in [0, 0.1) is 0 Å². The molecule has 1 saturated heterocycles. The second-order valence-corrected chi connectivity index (χ2v) is 6.72. The predicted molar refractivity (Wildman–Crippen MR) is 100 cm³/mol. The minimum absolute atomic E-state index is 0.167. The lowest BCUT2D eigenvalue weighted by Crippen LogP contribution is -2.32. The van der Waals surface area contributed by atoms with Crippen LogP contribution in [0.25, 0.3) is 5.65 Å². The summed E-state index contributed by atoms with van der Waals surface area (Å²) < 4.78 is 6.92. The van der Waals surface area contributed by atoms with Gasteiger partial charge in [0.25, 0.3) is 5.56 Å². The largest absolute Gasteiger partial charge is 0.445 e. The highest BCUT2D eigenvalue weighted by molar-refractivity contribution is 5.68. The molecule has 0 aliphatic carbocycles. The number of aromatic amines is 1. The molecule has 0 radical (unpaired) electrons. The monoisotopic (exact) mass is 366 g/mol. The highest BCUT2D eigenvalue weighted by atomic mass is 16.6. The van der Waals surface area contributed by atoms with Crippen molar-refractivity contribution >= 4 is 11.7 Å². The third-order valence-corrected chi connectivity index (χ3v) is 5.01. The van der Waals surface area contributed by atoms with Gasteiger partial charge in [-0.2, -0.15) is 0 Å². The van der Waals surface area contributed by atoms with Gasteiger partial charge in [0, 0.05) is 24.4 Å². The fraction of sp³-hybridized carbons (Fsp3) is 0.350. The van der Waals surface area contributed by atoms with E-state index < -0.39 is 0 Å². The van der Waals surface area contributed by atoms with E-state index >= 15 is 0 Å². The molecule has 3 heterocycles. The number of hydrogen-bond donors (Lipinski definition) is 1. The topological polar surface area (TPSA) is 79.7 Å². The number of nitrogens with one attached hydrogen (secondary N) is 1. The Bertz CT molecular complexity index is 1010. The highest BCUT2D eigenvalue weighted by Crippen LogP contribution is 2.31. The molecular weight excluding hydrogens is 344 g/mol. The summed E-state index contributed by atoms with van der Waals surface area (Å²) in [5.74, 6) is 0. The van der Waals surface area contributed by atoms with Crippen LogP contribution in [-0.2, 0) is 17.8 Å². The molecular formula is C20H22N4O3. The zero-order valence-corrected chi connectivity index (χ0v) is 15.2. The summed E-state index contributed by atoms with van der Waals surface area (Å²) in [6.45, 7) is 2.85. The second kappa shape index (κ2) is 7.26. The van der Waals surface area contributed by atoms with Gasteiger partial charge in [-0.25, -0.2) is 14.3 Å². The maximum atomic E-state index is 12.6. The number of carbonyl (C=O) groups excluding carboxylic acids is 1. The van der Waals surface area contributed by atoms with E-state index in [9.17, 15) is 9.59 Å². The van der Waals surface area contributed by atoms with Crippen molar-refractivity contribution in [2.75, 3.05) is 6.54 Å². The number of aromatic nitrogens is 3. The van der Waals surface area contributed by atoms with Crippen LogP contribution in [0.1, 0.15) is 42.6 Å². The Labute approximate surface area is 156 Å². The van der Waals surface area contributed by atoms with Crippen LogP contribution >= 0.6 is 0 Å². The number of H-pyrrole nitrogens is 1. The summed E-state index contributed by atoms with van der Waals surface area (Å²) in [6, 6.07) is 10.9. The van der Waals surface area contributed by atoms with Crippen LogP contribution < -0.4 is 5.56 Å². The molecule has 0 saturated carbocycles. The minimum atomic E-state index is -0.367. The van der Waals surface area contributed by atoms with Gasteiger partial charge < -0.3 is 4.74 Å². The summed E-state index contributed by atoms with van der Waals surface area (Å²) in [6.07, 6.45) is 3.84. The lowest BCUT2D eigenvalue weighted by Gasteiger charge is -2.23. The lowest BCUT2D eigenvalue weighted by atomic mass is 10.1. The van der Waals surface area contributed by atoms with Crippen LogP contribution in [0.5, 0.6) is 0 Å². The fourth-order valence-corrected chi connectivity index (χ4v) is 3.57. The Balaban J connectivity index is 1.56. The van der Waals surface area contributed by atoms with Gasteiger partial charge in [-0.15, -0.1) is 0 Å². The van der Waals surface area contributed by atoms with Crippen LogP contribution in [-0.4, -0.2) is 32.1 Å². The summed E-state index contributed by atoms with van der Waals surface area (Å²) in [5, 5.41) is 2.93. The summed E-state index contributed by atoms with van der Waals surface area (Å²) in [4.78, 5) is 31.4. The molecule has 1 amide bonds. The molecule has 7 heteroatoms. The number of ether oxygens (including phenoxy) is 1. The van der Waals surface area contributed by atoms with Crippen molar-refractivity contribution in [2.24, 2.45) is 0 Å². The molecule has 1 fully saturated rings. The zero-order valence-electron chi connectivity index (χ0n) is 15.2. The highest BCUT2D eigenvalue weighted by Gasteiger charge is 2.32. The van der Waals surface area contributed by atoms with Crippen molar-refractivity contribution in [3.63, 3.8) is 0 Å². The minimum Gasteiger partial charge on any atom is -0.445 e. The van der Waals surface area contributed by atoms with Crippen LogP contribution in [0.2, 0.25) is 0 Å². The summed E-state index contributed by atoms with van der Waals surface area (Å²) in [7, 11) is 0. The molecule has 3 aromatic rings. The number of nitrogens with zero attached hydrogens (tertiary/aromatic N) is 3. The maximum Gasteiger partial charge on any atom is 0.410 e. The van der Waals surface area contributed by atoms with E-state index in [1.165, 1.54) is 10.6 Å². The third kappa shape index (κ3) is 3.32. The maximum absolute atomic E-state index is 12.6.